The number of carboxylic acids is 1. The summed E-state index contributed by atoms with van der Waals surface area (Å²) in [7, 11) is -2.24. The molecule has 0 aliphatic heterocycles. The van der Waals surface area contributed by atoms with E-state index in [0.29, 0.717) is 5.92 Å². The number of sulfonamides is 1. The van der Waals surface area contributed by atoms with Gasteiger partial charge in [0.1, 0.15) is 0 Å². The fourth-order valence-corrected chi connectivity index (χ4v) is 3.84. The lowest BCUT2D eigenvalue weighted by Crippen LogP contribution is -2.39. The van der Waals surface area contributed by atoms with Crippen molar-refractivity contribution < 1.29 is 22.7 Å². The SMILES string of the molecule is CC1CCC(N(C)S(=O)(=O)c2ccc(C(=O)O)o2)CC1. The predicted octanol–water partition coefficient (Wildman–Crippen LogP) is 2.18. The van der Waals surface area contributed by atoms with Crippen LogP contribution >= 0.6 is 0 Å². The van der Waals surface area contributed by atoms with E-state index in [0.717, 1.165) is 31.7 Å². The van der Waals surface area contributed by atoms with Crippen LogP contribution in [0.15, 0.2) is 21.6 Å². The van der Waals surface area contributed by atoms with Crippen LogP contribution in [0.1, 0.15) is 43.2 Å². The highest BCUT2D eigenvalue weighted by Gasteiger charge is 2.32. The minimum atomic E-state index is -3.77. The minimum absolute atomic E-state index is 0.0467. The van der Waals surface area contributed by atoms with Crippen LogP contribution in [0.25, 0.3) is 0 Å². The molecule has 2 rings (SSSR count). The molecule has 1 N–H and O–H groups in total. The maximum Gasteiger partial charge on any atom is 0.371 e. The molecule has 0 saturated heterocycles. The van der Waals surface area contributed by atoms with Gasteiger partial charge < -0.3 is 9.52 Å². The van der Waals surface area contributed by atoms with Crippen LogP contribution in [0.3, 0.4) is 0 Å². The van der Waals surface area contributed by atoms with Gasteiger partial charge in [-0.2, -0.15) is 4.31 Å². The minimum Gasteiger partial charge on any atom is -0.475 e. The summed E-state index contributed by atoms with van der Waals surface area (Å²) in [6.07, 6.45) is 3.65. The van der Waals surface area contributed by atoms with Gasteiger partial charge in [0, 0.05) is 13.1 Å². The molecule has 1 aromatic rings. The number of rotatable bonds is 4. The quantitative estimate of drug-likeness (QED) is 0.921. The Morgan fingerprint density at radius 1 is 1.30 bits per heavy atom. The van der Waals surface area contributed by atoms with Gasteiger partial charge in [-0.25, -0.2) is 13.2 Å². The third-order valence-corrected chi connectivity index (χ3v) is 5.71. The Hall–Kier alpha value is -1.34. The number of nitrogens with zero attached hydrogens (tertiary/aromatic N) is 1. The number of carboxylic acid groups (broad SMARTS) is 1. The summed E-state index contributed by atoms with van der Waals surface area (Å²) < 4.78 is 31.0. The standard InChI is InChI=1S/C13H19NO5S/c1-9-3-5-10(6-4-9)14(2)20(17,18)12-8-7-11(19-12)13(15)16/h7-10H,3-6H2,1-2H3,(H,15,16). The van der Waals surface area contributed by atoms with Gasteiger partial charge in [-0.15, -0.1) is 0 Å². The van der Waals surface area contributed by atoms with E-state index >= 15 is 0 Å². The fourth-order valence-electron chi connectivity index (χ4n) is 2.52. The second-order valence-corrected chi connectivity index (χ2v) is 7.29. The molecule has 112 valence electrons. The fraction of sp³-hybridized carbons (Fsp3) is 0.615. The second-order valence-electron chi connectivity index (χ2n) is 5.36. The summed E-state index contributed by atoms with van der Waals surface area (Å²) in [5.41, 5.74) is 0. The third kappa shape index (κ3) is 2.88. The average molecular weight is 301 g/mol. The molecule has 1 heterocycles. The largest absolute Gasteiger partial charge is 0.475 e. The van der Waals surface area contributed by atoms with Crippen molar-refractivity contribution in [2.24, 2.45) is 5.92 Å². The van der Waals surface area contributed by atoms with Crippen LogP contribution in [0.5, 0.6) is 0 Å². The van der Waals surface area contributed by atoms with E-state index in [4.69, 9.17) is 9.52 Å². The Labute approximate surface area is 118 Å². The molecule has 0 unspecified atom stereocenters. The third-order valence-electron chi connectivity index (χ3n) is 3.93. The first-order chi connectivity index (χ1) is 9.32. The van der Waals surface area contributed by atoms with E-state index in [1.807, 2.05) is 0 Å². The van der Waals surface area contributed by atoms with Crippen LogP contribution < -0.4 is 0 Å². The molecule has 6 nitrogen and oxygen atoms in total. The van der Waals surface area contributed by atoms with E-state index in [-0.39, 0.29) is 16.9 Å². The molecule has 1 aliphatic carbocycles. The summed E-state index contributed by atoms with van der Waals surface area (Å²) in [6.45, 7) is 2.16. The maximum absolute atomic E-state index is 12.4. The van der Waals surface area contributed by atoms with Crippen LogP contribution in [-0.2, 0) is 10.0 Å². The first-order valence-electron chi connectivity index (χ1n) is 6.63. The van der Waals surface area contributed by atoms with Gasteiger partial charge in [-0.05, 0) is 43.7 Å². The molecule has 7 heteroatoms. The molecule has 20 heavy (non-hydrogen) atoms. The van der Waals surface area contributed by atoms with Crippen LogP contribution in [0, 0.1) is 5.92 Å². The molecule has 0 spiro atoms. The zero-order valence-electron chi connectivity index (χ0n) is 11.6. The lowest BCUT2D eigenvalue weighted by molar-refractivity contribution is 0.0656. The first kappa shape index (κ1) is 15.1. The zero-order chi connectivity index (χ0) is 14.9. The monoisotopic (exact) mass is 301 g/mol. The Balaban J connectivity index is 2.18. The van der Waals surface area contributed by atoms with Gasteiger partial charge in [-0.3, -0.25) is 0 Å². The van der Waals surface area contributed by atoms with Crippen molar-refractivity contribution in [1.29, 1.82) is 0 Å². The summed E-state index contributed by atoms with van der Waals surface area (Å²) in [6, 6.07) is 2.31. The summed E-state index contributed by atoms with van der Waals surface area (Å²) in [5.74, 6) is -1.01. The first-order valence-corrected chi connectivity index (χ1v) is 8.07. The van der Waals surface area contributed by atoms with E-state index in [1.54, 1.807) is 0 Å². The molecule has 1 fully saturated rings. The molecular formula is C13H19NO5S. The van der Waals surface area contributed by atoms with Crippen molar-refractivity contribution in [3.05, 3.63) is 17.9 Å². The molecule has 1 aromatic heterocycles. The van der Waals surface area contributed by atoms with E-state index < -0.39 is 16.0 Å². The lowest BCUT2D eigenvalue weighted by Gasteiger charge is -2.32. The highest BCUT2D eigenvalue weighted by molar-refractivity contribution is 7.89. The molecule has 1 saturated carbocycles. The van der Waals surface area contributed by atoms with E-state index in [2.05, 4.69) is 6.92 Å². The van der Waals surface area contributed by atoms with Crippen molar-refractivity contribution >= 4 is 16.0 Å². The molecule has 0 bridgehead atoms. The molecule has 0 atom stereocenters. The summed E-state index contributed by atoms with van der Waals surface area (Å²) >= 11 is 0. The Morgan fingerprint density at radius 3 is 2.40 bits per heavy atom. The van der Waals surface area contributed by atoms with Gasteiger partial charge in [0.15, 0.2) is 0 Å². The highest BCUT2D eigenvalue weighted by Crippen LogP contribution is 2.30. The Morgan fingerprint density at radius 2 is 1.90 bits per heavy atom. The molecular weight excluding hydrogens is 282 g/mol. The van der Waals surface area contributed by atoms with Gasteiger partial charge >= 0.3 is 5.97 Å². The normalized spacial score (nSPS) is 23.9. The van der Waals surface area contributed by atoms with Crippen LogP contribution in [-0.4, -0.2) is 36.9 Å². The van der Waals surface area contributed by atoms with Crippen LogP contribution in [0.2, 0.25) is 0 Å². The number of hydrogen-bond donors (Lipinski definition) is 1. The molecule has 0 amide bonds. The number of furan rings is 1. The Bertz CT molecular complexity index is 584. The smallest absolute Gasteiger partial charge is 0.371 e. The lowest BCUT2D eigenvalue weighted by atomic mass is 9.87. The topological polar surface area (TPSA) is 87.8 Å². The summed E-state index contributed by atoms with van der Waals surface area (Å²) in [4.78, 5) is 10.7. The Kier molecular flexibility index (Phi) is 4.19. The number of hydrogen-bond acceptors (Lipinski definition) is 4. The van der Waals surface area contributed by atoms with E-state index in [9.17, 15) is 13.2 Å². The van der Waals surface area contributed by atoms with Gasteiger partial charge in [0.05, 0.1) is 0 Å². The van der Waals surface area contributed by atoms with Gasteiger partial charge in [0.2, 0.25) is 10.9 Å². The van der Waals surface area contributed by atoms with Crippen molar-refractivity contribution in [2.75, 3.05) is 7.05 Å². The van der Waals surface area contributed by atoms with Crippen molar-refractivity contribution in [3.8, 4) is 0 Å². The number of carbonyl (C=O) groups is 1. The summed E-state index contributed by atoms with van der Waals surface area (Å²) in [5, 5.41) is 8.47. The highest BCUT2D eigenvalue weighted by atomic mass is 32.2. The second kappa shape index (κ2) is 5.57. The molecule has 1 aliphatic rings. The van der Waals surface area contributed by atoms with Crippen molar-refractivity contribution in [2.45, 2.75) is 43.7 Å². The van der Waals surface area contributed by atoms with E-state index in [1.165, 1.54) is 17.4 Å². The average Bonchev–Trinajstić information content (AvgIpc) is 2.89. The maximum atomic E-state index is 12.4. The number of aromatic carboxylic acids is 1. The molecule has 0 radical (unpaired) electrons. The van der Waals surface area contributed by atoms with Crippen molar-refractivity contribution in [1.82, 2.24) is 4.31 Å². The van der Waals surface area contributed by atoms with Gasteiger partial charge in [-0.1, -0.05) is 6.92 Å². The van der Waals surface area contributed by atoms with Crippen molar-refractivity contribution in [3.63, 3.8) is 0 Å². The molecule has 0 aromatic carbocycles. The van der Waals surface area contributed by atoms with Crippen LogP contribution in [0.4, 0.5) is 0 Å². The predicted molar refractivity (Wildman–Crippen MR) is 72.0 cm³/mol. The zero-order valence-corrected chi connectivity index (χ0v) is 12.4. The van der Waals surface area contributed by atoms with Gasteiger partial charge in [0.25, 0.3) is 10.0 Å².